The number of benzene rings is 1. The first-order valence-electron chi connectivity index (χ1n) is 13.8. The van der Waals surface area contributed by atoms with Crippen molar-refractivity contribution in [1.82, 2.24) is 15.1 Å². The van der Waals surface area contributed by atoms with E-state index in [1.807, 2.05) is 14.0 Å². The van der Waals surface area contributed by atoms with Crippen LogP contribution in [0.2, 0.25) is 0 Å². The highest BCUT2D eigenvalue weighted by Gasteiger charge is 2.42. The van der Waals surface area contributed by atoms with Crippen LogP contribution in [-0.4, -0.2) is 66.8 Å². The number of nitrogens with zero attached hydrogens (tertiary/aromatic N) is 2. The van der Waals surface area contributed by atoms with Crippen LogP contribution in [0.15, 0.2) is 30.3 Å². The number of hydrogen-bond donors (Lipinski definition) is 1. The predicted octanol–water partition coefficient (Wildman–Crippen LogP) is 4.31. The maximum Gasteiger partial charge on any atom is 0.226 e. The molecule has 2 heterocycles. The molecule has 1 aromatic carbocycles. The molecule has 5 nitrogen and oxygen atoms in total. The third-order valence-electron chi connectivity index (χ3n) is 8.83. The fourth-order valence-electron chi connectivity index (χ4n) is 6.58. The molecule has 1 N–H and O–H groups in total. The Kier molecular flexibility index (Phi) is 9.18. The summed E-state index contributed by atoms with van der Waals surface area (Å²) in [5.74, 6) is 1.53. The van der Waals surface area contributed by atoms with Crippen LogP contribution in [0.25, 0.3) is 0 Å². The van der Waals surface area contributed by atoms with Crippen LogP contribution >= 0.6 is 0 Å². The van der Waals surface area contributed by atoms with Gasteiger partial charge in [0.25, 0.3) is 0 Å². The zero-order chi connectivity index (χ0) is 23.9. The molecule has 2 saturated heterocycles. The molecule has 1 saturated carbocycles. The standard InChI is InChI=1S/C29H45N3O2/c1-22(30-2)28(33)20-26(19-24-11-6-7-12-24)29(34)32-18-15-25-13-8-16-31(21-27(25)32)17-14-23-9-4-3-5-10-23/h3-5,9-10,22,24-27,30H,6-8,11-21H2,1-2H3/t22-,25+,26+,27+/m0/s1. The molecule has 4 rings (SSSR count). The van der Waals surface area contributed by atoms with Crippen molar-refractivity contribution in [1.29, 1.82) is 0 Å². The lowest BCUT2D eigenvalue weighted by molar-refractivity contribution is -0.140. The van der Waals surface area contributed by atoms with Gasteiger partial charge in [0.1, 0.15) is 5.78 Å². The lowest BCUT2D eigenvalue weighted by Gasteiger charge is -2.34. The summed E-state index contributed by atoms with van der Waals surface area (Å²) in [7, 11) is 1.83. The zero-order valence-electron chi connectivity index (χ0n) is 21.4. The zero-order valence-corrected chi connectivity index (χ0v) is 21.4. The first-order valence-corrected chi connectivity index (χ1v) is 13.8. The summed E-state index contributed by atoms with van der Waals surface area (Å²) in [5, 5.41) is 3.08. The Morgan fingerprint density at radius 1 is 1.03 bits per heavy atom. The van der Waals surface area contributed by atoms with E-state index in [2.05, 4.69) is 45.4 Å². The van der Waals surface area contributed by atoms with Crippen molar-refractivity contribution in [2.45, 2.75) is 83.2 Å². The average Bonchev–Trinajstić information content (AvgIpc) is 3.47. The number of fused-ring (bicyclic) bond motifs is 1. The maximum atomic E-state index is 14.0. The van der Waals surface area contributed by atoms with E-state index >= 15 is 0 Å². The van der Waals surface area contributed by atoms with Gasteiger partial charge in [-0.3, -0.25) is 9.59 Å². The van der Waals surface area contributed by atoms with E-state index in [1.165, 1.54) is 44.1 Å². The number of likely N-dealkylation sites (tertiary alicyclic amines) is 2. The SMILES string of the molecule is CN[C@@H](C)C(=O)C[C@@H](CC1CCCC1)C(=O)N1CC[C@H]2CCCN(CCc3ccccc3)C[C@H]21. The van der Waals surface area contributed by atoms with Gasteiger partial charge in [0.2, 0.25) is 5.91 Å². The first kappa shape index (κ1) is 25.4. The van der Waals surface area contributed by atoms with Gasteiger partial charge < -0.3 is 15.1 Å². The van der Waals surface area contributed by atoms with Crippen LogP contribution < -0.4 is 5.32 Å². The Hall–Kier alpha value is -1.72. The van der Waals surface area contributed by atoms with Crippen molar-refractivity contribution in [2.24, 2.45) is 17.8 Å². The summed E-state index contributed by atoms with van der Waals surface area (Å²) >= 11 is 0. The number of ketones is 1. The highest BCUT2D eigenvalue weighted by atomic mass is 16.2. The molecule has 0 radical (unpaired) electrons. The molecule has 0 spiro atoms. The third kappa shape index (κ3) is 6.48. The van der Waals surface area contributed by atoms with E-state index in [0.29, 0.717) is 24.3 Å². The number of nitrogens with one attached hydrogen (secondary N) is 1. The molecule has 1 amide bonds. The average molecular weight is 468 g/mol. The molecule has 0 bridgehead atoms. The molecular formula is C29H45N3O2. The summed E-state index contributed by atoms with van der Waals surface area (Å²) in [4.78, 5) is 31.6. The van der Waals surface area contributed by atoms with Crippen LogP contribution in [0.1, 0.15) is 70.3 Å². The third-order valence-corrected chi connectivity index (χ3v) is 8.83. The van der Waals surface area contributed by atoms with Crippen molar-refractivity contribution in [3.63, 3.8) is 0 Å². The minimum absolute atomic E-state index is 0.147. The number of carbonyl (C=O) groups is 2. The number of Topliss-reactive ketones (excluding diaryl/α,β-unsaturated/α-hetero) is 1. The lowest BCUT2D eigenvalue weighted by Crippen LogP contribution is -2.48. The molecule has 1 aliphatic carbocycles. The van der Waals surface area contributed by atoms with Crippen LogP contribution in [-0.2, 0) is 16.0 Å². The van der Waals surface area contributed by atoms with Gasteiger partial charge >= 0.3 is 0 Å². The maximum absolute atomic E-state index is 14.0. The molecule has 1 aromatic rings. The van der Waals surface area contributed by atoms with Gasteiger partial charge in [-0.1, -0.05) is 56.0 Å². The van der Waals surface area contributed by atoms with Gasteiger partial charge in [-0.25, -0.2) is 0 Å². The molecule has 34 heavy (non-hydrogen) atoms. The molecule has 3 aliphatic rings. The van der Waals surface area contributed by atoms with Gasteiger partial charge in [-0.05, 0) is 70.0 Å². The molecule has 188 valence electrons. The molecule has 3 fully saturated rings. The highest BCUT2D eigenvalue weighted by Crippen LogP contribution is 2.36. The molecule has 2 aliphatic heterocycles. The van der Waals surface area contributed by atoms with Crippen molar-refractivity contribution in [3.05, 3.63) is 35.9 Å². The summed E-state index contributed by atoms with van der Waals surface area (Å²) in [6.07, 6.45) is 10.9. The first-order chi connectivity index (χ1) is 16.5. The quantitative estimate of drug-likeness (QED) is 0.557. The van der Waals surface area contributed by atoms with E-state index in [-0.39, 0.29) is 23.7 Å². The van der Waals surface area contributed by atoms with Gasteiger partial charge in [0, 0.05) is 38.0 Å². The highest BCUT2D eigenvalue weighted by molar-refractivity contribution is 5.89. The molecule has 0 unspecified atom stereocenters. The van der Waals surface area contributed by atoms with Crippen LogP contribution in [0.4, 0.5) is 0 Å². The number of carbonyl (C=O) groups excluding carboxylic acids is 2. The number of rotatable bonds is 10. The van der Waals surface area contributed by atoms with E-state index in [9.17, 15) is 9.59 Å². The van der Waals surface area contributed by atoms with Crippen molar-refractivity contribution < 1.29 is 9.59 Å². The normalized spacial score (nSPS) is 25.6. The topological polar surface area (TPSA) is 52.7 Å². The second kappa shape index (κ2) is 12.3. The van der Waals surface area contributed by atoms with Gasteiger partial charge in [-0.15, -0.1) is 0 Å². The van der Waals surface area contributed by atoms with Gasteiger partial charge in [0.15, 0.2) is 0 Å². The van der Waals surface area contributed by atoms with E-state index < -0.39 is 0 Å². The Morgan fingerprint density at radius 3 is 2.53 bits per heavy atom. The fourth-order valence-corrected chi connectivity index (χ4v) is 6.58. The predicted molar refractivity (Wildman–Crippen MR) is 138 cm³/mol. The van der Waals surface area contributed by atoms with Crippen LogP contribution in [0.5, 0.6) is 0 Å². The lowest BCUT2D eigenvalue weighted by atomic mass is 9.87. The van der Waals surface area contributed by atoms with Gasteiger partial charge in [0.05, 0.1) is 6.04 Å². The molecule has 4 atom stereocenters. The largest absolute Gasteiger partial charge is 0.338 e. The van der Waals surface area contributed by atoms with Crippen molar-refractivity contribution in [3.8, 4) is 0 Å². The monoisotopic (exact) mass is 467 g/mol. The van der Waals surface area contributed by atoms with Crippen molar-refractivity contribution >= 4 is 11.7 Å². The van der Waals surface area contributed by atoms with E-state index in [1.54, 1.807) is 0 Å². The summed E-state index contributed by atoms with van der Waals surface area (Å²) in [5.41, 5.74) is 1.39. The summed E-state index contributed by atoms with van der Waals surface area (Å²) < 4.78 is 0. The van der Waals surface area contributed by atoms with Crippen LogP contribution in [0.3, 0.4) is 0 Å². The Balaban J connectivity index is 1.42. The Bertz CT molecular complexity index is 792. The smallest absolute Gasteiger partial charge is 0.226 e. The van der Waals surface area contributed by atoms with Crippen LogP contribution in [0, 0.1) is 17.8 Å². The second-order valence-corrected chi connectivity index (χ2v) is 11.1. The number of hydrogen-bond acceptors (Lipinski definition) is 4. The molecular weight excluding hydrogens is 422 g/mol. The summed E-state index contributed by atoms with van der Waals surface area (Å²) in [6.45, 7) is 5.96. The Labute approximate surface area is 206 Å². The number of amides is 1. The van der Waals surface area contributed by atoms with E-state index in [0.717, 1.165) is 45.4 Å². The minimum Gasteiger partial charge on any atom is -0.338 e. The second-order valence-electron chi connectivity index (χ2n) is 11.1. The fraction of sp³-hybridized carbons (Fsp3) is 0.724. The Morgan fingerprint density at radius 2 is 1.79 bits per heavy atom. The molecule has 0 aromatic heterocycles. The van der Waals surface area contributed by atoms with E-state index in [4.69, 9.17) is 0 Å². The van der Waals surface area contributed by atoms with Gasteiger partial charge in [-0.2, -0.15) is 0 Å². The molecule has 5 heteroatoms. The number of likely N-dealkylation sites (N-methyl/N-ethyl adjacent to an activating group) is 1. The summed E-state index contributed by atoms with van der Waals surface area (Å²) in [6, 6.07) is 10.9. The minimum atomic E-state index is -0.184. The van der Waals surface area contributed by atoms with Crippen molar-refractivity contribution in [2.75, 3.05) is 33.2 Å².